The Hall–Kier alpha value is -2.34. The highest BCUT2D eigenvalue weighted by molar-refractivity contribution is 6.39. The van der Waals surface area contributed by atoms with Crippen molar-refractivity contribution in [1.29, 1.82) is 0 Å². The van der Waals surface area contributed by atoms with Crippen molar-refractivity contribution in [2.45, 2.75) is 12.4 Å². The van der Waals surface area contributed by atoms with E-state index in [1.807, 2.05) is 0 Å². The number of rotatable bonds is 5. The van der Waals surface area contributed by atoms with Crippen LogP contribution in [0.4, 0.5) is 32.0 Å². The van der Waals surface area contributed by atoms with Crippen LogP contribution < -0.4 is 5.32 Å². The normalized spacial score (nSPS) is 12.0. The van der Waals surface area contributed by atoms with Crippen LogP contribution in [0.1, 0.15) is 11.1 Å². The van der Waals surface area contributed by atoms with Crippen LogP contribution in [-0.4, -0.2) is 53.2 Å². The summed E-state index contributed by atoms with van der Waals surface area (Å²) >= 11 is 0. The smallest absolute Gasteiger partial charge is 0.395 e. The number of nitrogens with one attached hydrogen (secondary N) is 1. The highest BCUT2D eigenvalue weighted by atomic mass is 19.4. The van der Waals surface area contributed by atoms with E-state index in [0.717, 1.165) is 0 Å². The van der Waals surface area contributed by atoms with Crippen molar-refractivity contribution in [2.75, 3.05) is 31.6 Å². The second-order valence-corrected chi connectivity index (χ2v) is 4.99. The number of carbonyl (C=O) groups is 2. The maximum atomic E-state index is 12.8. The second-order valence-electron chi connectivity index (χ2n) is 4.99. The zero-order valence-corrected chi connectivity index (χ0v) is 13.0. The molecule has 0 unspecified atom stereocenters. The van der Waals surface area contributed by atoms with Crippen LogP contribution in [0, 0.1) is 0 Å². The van der Waals surface area contributed by atoms with Gasteiger partial charge in [-0.3, -0.25) is 9.59 Å². The second kappa shape index (κ2) is 8.36. The van der Waals surface area contributed by atoms with Crippen LogP contribution in [0.2, 0.25) is 0 Å². The number of carbonyl (C=O) groups excluding carboxylic acids is 2. The highest BCUT2D eigenvalue weighted by Gasteiger charge is 2.37. The first-order chi connectivity index (χ1) is 11.9. The summed E-state index contributed by atoms with van der Waals surface area (Å²) in [4.78, 5) is 24.3. The molecule has 0 radical (unpaired) electrons. The van der Waals surface area contributed by atoms with Gasteiger partial charge in [0.05, 0.1) is 24.3 Å². The fourth-order valence-electron chi connectivity index (χ4n) is 1.91. The van der Waals surface area contributed by atoms with Crippen molar-refractivity contribution in [3.05, 3.63) is 29.3 Å². The molecule has 2 amide bonds. The fraction of sp³-hybridized carbons (Fsp3) is 0.429. The first-order valence-electron chi connectivity index (χ1n) is 7.01. The largest absolute Gasteiger partial charge is 0.416 e. The molecule has 0 atom stereocenters. The third-order valence-corrected chi connectivity index (χ3v) is 3.07. The molecule has 0 heterocycles. The molecule has 3 N–H and O–H groups in total. The number of alkyl halides is 6. The Balaban J connectivity index is 3.14. The molecular weight excluding hydrogens is 374 g/mol. The number of nitrogens with zero attached hydrogens (tertiary/aromatic N) is 1. The molecule has 0 fully saturated rings. The van der Waals surface area contributed by atoms with Crippen molar-refractivity contribution < 1.29 is 46.1 Å². The van der Waals surface area contributed by atoms with Crippen LogP contribution in [0.5, 0.6) is 0 Å². The number of anilines is 1. The summed E-state index contributed by atoms with van der Waals surface area (Å²) < 4.78 is 76.5. The molecule has 0 saturated heterocycles. The highest BCUT2D eigenvalue weighted by Crippen LogP contribution is 2.37. The van der Waals surface area contributed by atoms with E-state index in [0.29, 0.717) is 4.90 Å². The molecule has 0 aliphatic heterocycles. The Kier molecular flexibility index (Phi) is 6.98. The number of halogens is 6. The summed E-state index contributed by atoms with van der Waals surface area (Å²) in [5.41, 5.74) is -4.19. The molecule has 1 aromatic carbocycles. The Morgan fingerprint density at radius 2 is 1.31 bits per heavy atom. The van der Waals surface area contributed by atoms with E-state index in [1.54, 1.807) is 5.32 Å². The molecule has 12 heteroatoms. The Morgan fingerprint density at radius 1 is 0.885 bits per heavy atom. The maximum absolute atomic E-state index is 12.8. The van der Waals surface area contributed by atoms with Crippen LogP contribution in [0.25, 0.3) is 0 Å². The minimum absolute atomic E-state index is 0.124. The fourth-order valence-corrected chi connectivity index (χ4v) is 1.91. The molecule has 6 nitrogen and oxygen atoms in total. The molecule has 0 spiro atoms. The molecule has 0 saturated carbocycles. The number of hydrogen-bond donors (Lipinski definition) is 3. The van der Waals surface area contributed by atoms with Gasteiger partial charge >= 0.3 is 24.2 Å². The van der Waals surface area contributed by atoms with Gasteiger partial charge in [0.15, 0.2) is 0 Å². The van der Waals surface area contributed by atoms with Crippen molar-refractivity contribution in [1.82, 2.24) is 4.90 Å². The first-order valence-corrected chi connectivity index (χ1v) is 7.01. The Bertz CT molecular complexity index is 622. The van der Waals surface area contributed by atoms with Gasteiger partial charge in [-0.1, -0.05) is 0 Å². The van der Waals surface area contributed by atoms with E-state index in [4.69, 9.17) is 10.2 Å². The predicted molar refractivity (Wildman–Crippen MR) is 75.8 cm³/mol. The van der Waals surface area contributed by atoms with Gasteiger partial charge < -0.3 is 20.4 Å². The van der Waals surface area contributed by atoms with E-state index in [9.17, 15) is 35.9 Å². The lowest BCUT2D eigenvalue weighted by Crippen LogP contribution is -2.42. The third-order valence-electron chi connectivity index (χ3n) is 3.07. The quantitative estimate of drug-likeness (QED) is 0.527. The van der Waals surface area contributed by atoms with Gasteiger partial charge in [-0.2, -0.15) is 26.3 Å². The zero-order valence-electron chi connectivity index (χ0n) is 13.0. The van der Waals surface area contributed by atoms with Gasteiger partial charge in [0.25, 0.3) is 0 Å². The molecule has 0 aliphatic carbocycles. The zero-order chi connectivity index (χ0) is 20.1. The summed E-state index contributed by atoms with van der Waals surface area (Å²) in [5, 5.41) is 19.2. The van der Waals surface area contributed by atoms with Crippen LogP contribution >= 0.6 is 0 Å². The minimum Gasteiger partial charge on any atom is -0.395 e. The average molecular weight is 388 g/mol. The SMILES string of the molecule is O=C(Nc1cc(C(F)(F)F)cc(C(F)(F)F)c1)C(=O)N(CCO)CCO. The summed E-state index contributed by atoms with van der Waals surface area (Å²) in [6.45, 7) is -1.85. The van der Waals surface area contributed by atoms with E-state index in [-0.39, 0.29) is 31.3 Å². The van der Waals surface area contributed by atoms with Gasteiger partial charge in [0, 0.05) is 18.8 Å². The average Bonchev–Trinajstić information content (AvgIpc) is 2.52. The number of hydrogen-bond acceptors (Lipinski definition) is 4. The van der Waals surface area contributed by atoms with Crippen LogP contribution in [0.15, 0.2) is 18.2 Å². The molecule has 1 aromatic rings. The van der Waals surface area contributed by atoms with Crippen molar-refractivity contribution in [3.8, 4) is 0 Å². The molecule has 146 valence electrons. The van der Waals surface area contributed by atoms with Crippen molar-refractivity contribution >= 4 is 17.5 Å². The molecule has 26 heavy (non-hydrogen) atoms. The summed E-state index contributed by atoms with van der Waals surface area (Å²) in [5.74, 6) is -2.85. The van der Waals surface area contributed by atoms with Crippen LogP contribution in [0.3, 0.4) is 0 Å². The van der Waals surface area contributed by atoms with E-state index in [2.05, 4.69) is 0 Å². The predicted octanol–water partition coefficient (Wildman–Crippen LogP) is 1.48. The van der Waals surface area contributed by atoms with Gasteiger partial charge in [-0.15, -0.1) is 0 Å². The first kappa shape index (κ1) is 21.7. The van der Waals surface area contributed by atoms with Gasteiger partial charge in [-0.25, -0.2) is 0 Å². The third kappa shape index (κ3) is 5.88. The number of amides is 2. The maximum Gasteiger partial charge on any atom is 0.416 e. The lowest BCUT2D eigenvalue weighted by Gasteiger charge is -2.20. The standard InChI is InChI=1S/C14H14F6N2O4/c15-13(16,17)8-5-9(14(18,19)20)7-10(6-8)21-11(25)12(26)22(1-3-23)2-4-24/h5-7,23-24H,1-4H2,(H,21,25). The molecule has 0 bridgehead atoms. The Morgan fingerprint density at radius 3 is 1.65 bits per heavy atom. The lowest BCUT2D eigenvalue weighted by molar-refractivity contribution is -0.143. The lowest BCUT2D eigenvalue weighted by atomic mass is 10.1. The number of aliphatic hydroxyl groups excluding tert-OH is 2. The summed E-state index contributed by atoms with van der Waals surface area (Å²) in [6, 6.07) is 0.382. The summed E-state index contributed by atoms with van der Waals surface area (Å²) in [6.07, 6.45) is -10.2. The molecule has 0 aliphatic rings. The number of benzene rings is 1. The number of aliphatic hydroxyl groups is 2. The van der Waals surface area contributed by atoms with Gasteiger partial charge in [-0.05, 0) is 18.2 Å². The van der Waals surface area contributed by atoms with E-state index in [1.165, 1.54) is 0 Å². The molecular formula is C14H14F6N2O4. The monoisotopic (exact) mass is 388 g/mol. The van der Waals surface area contributed by atoms with Gasteiger partial charge in [0.2, 0.25) is 0 Å². The molecule has 0 aromatic heterocycles. The van der Waals surface area contributed by atoms with E-state index < -0.39 is 54.2 Å². The molecule has 1 rings (SSSR count). The Labute approximate surface area is 143 Å². The topological polar surface area (TPSA) is 89.9 Å². The minimum atomic E-state index is -5.11. The summed E-state index contributed by atoms with van der Waals surface area (Å²) in [7, 11) is 0. The van der Waals surface area contributed by atoms with Crippen molar-refractivity contribution in [2.24, 2.45) is 0 Å². The van der Waals surface area contributed by atoms with Crippen molar-refractivity contribution in [3.63, 3.8) is 0 Å². The van der Waals surface area contributed by atoms with Crippen LogP contribution in [-0.2, 0) is 21.9 Å². The van der Waals surface area contributed by atoms with Gasteiger partial charge in [0.1, 0.15) is 0 Å². The van der Waals surface area contributed by atoms with E-state index >= 15 is 0 Å².